The summed E-state index contributed by atoms with van der Waals surface area (Å²) in [6.07, 6.45) is 1.71. The molecule has 0 radical (unpaired) electrons. The van der Waals surface area contributed by atoms with Crippen LogP contribution in [-0.4, -0.2) is 36.2 Å². The Morgan fingerprint density at radius 2 is 1.85 bits per heavy atom. The molecular weight excluding hydrogens is 332 g/mol. The summed E-state index contributed by atoms with van der Waals surface area (Å²) >= 11 is 0. The molecule has 0 atom stereocenters. The number of aryl methyl sites for hydroxylation is 2. The van der Waals surface area contributed by atoms with E-state index < -0.39 is 11.7 Å². The van der Waals surface area contributed by atoms with Crippen LogP contribution in [0.25, 0.3) is 22.3 Å². The van der Waals surface area contributed by atoms with Gasteiger partial charge in [-0.15, -0.1) is 0 Å². The van der Waals surface area contributed by atoms with Gasteiger partial charge in [-0.2, -0.15) is 10.2 Å². The number of fused-ring (bicyclic) bond motifs is 1. The highest BCUT2D eigenvalue weighted by molar-refractivity contribution is 6.46. The molecule has 0 unspecified atom stereocenters. The maximum Gasteiger partial charge on any atom is 0.299 e. The predicted octanol–water partition coefficient (Wildman–Crippen LogP) is 2.12. The van der Waals surface area contributed by atoms with E-state index in [0.29, 0.717) is 28.2 Å². The van der Waals surface area contributed by atoms with Crippen molar-refractivity contribution in [3.63, 3.8) is 0 Å². The topological polar surface area (TPSA) is 97.6 Å². The molecule has 8 nitrogen and oxygen atoms in total. The standard InChI is InChI=1S/C18H16N6O2/c1-23-10-6-9-12(23)15(25)18(26)19-16-13-14(11-7-4-3-5-8-11)22-24(2)17(13)21-20-16/h3-10H,1-2H3,(H2,19,20,21,26). The fourth-order valence-electron chi connectivity index (χ4n) is 2.91. The van der Waals surface area contributed by atoms with Crippen molar-refractivity contribution in [1.82, 2.24) is 24.5 Å². The van der Waals surface area contributed by atoms with Gasteiger partial charge >= 0.3 is 0 Å². The van der Waals surface area contributed by atoms with Crippen molar-refractivity contribution >= 4 is 28.5 Å². The lowest BCUT2D eigenvalue weighted by molar-refractivity contribution is -0.112. The number of anilines is 1. The number of carbonyl (C=O) groups is 2. The Morgan fingerprint density at radius 1 is 1.08 bits per heavy atom. The number of ketones is 1. The summed E-state index contributed by atoms with van der Waals surface area (Å²) in [5.41, 5.74) is 2.47. The Labute approximate surface area is 148 Å². The SMILES string of the molecule is Cn1cccc1C(=O)C(=O)Nc1[nH]nc2c1c(-c1ccccc1)nn2C. The molecule has 130 valence electrons. The van der Waals surface area contributed by atoms with Crippen LogP contribution in [0.15, 0.2) is 48.7 Å². The summed E-state index contributed by atoms with van der Waals surface area (Å²) in [6.45, 7) is 0. The maximum absolute atomic E-state index is 12.4. The third kappa shape index (κ3) is 2.48. The first kappa shape index (κ1) is 15.8. The number of carbonyl (C=O) groups excluding carboxylic acids is 2. The average molecular weight is 348 g/mol. The van der Waals surface area contributed by atoms with Crippen LogP contribution in [0.3, 0.4) is 0 Å². The lowest BCUT2D eigenvalue weighted by atomic mass is 10.1. The smallest absolute Gasteiger partial charge is 0.299 e. The summed E-state index contributed by atoms with van der Waals surface area (Å²) in [5.74, 6) is -1.01. The quantitative estimate of drug-likeness (QED) is 0.436. The number of amides is 1. The van der Waals surface area contributed by atoms with Crippen LogP contribution in [0.4, 0.5) is 5.82 Å². The van der Waals surface area contributed by atoms with Crippen molar-refractivity contribution < 1.29 is 9.59 Å². The Kier molecular flexibility index (Phi) is 3.65. The summed E-state index contributed by atoms with van der Waals surface area (Å²) < 4.78 is 3.23. The molecule has 4 aromatic rings. The van der Waals surface area contributed by atoms with Crippen molar-refractivity contribution in [3.8, 4) is 11.3 Å². The van der Waals surface area contributed by atoms with Gasteiger partial charge in [-0.05, 0) is 12.1 Å². The number of nitrogens with one attached hydrogen (secondary N) is 2. The fraction of sp³-hybridized carbons (Fsp3) is 0.111. The Hall–Kier alpha value is -3.68. The summed E-state index contributed by atoms with van der Waals surface area (Å²) in [7, 11) is 3.49. The molecule has 8 heteroatoms. The lowest BCUT2D eigenvalue weighted by Crippen LogP contribution is -2.24. The maximum atomic E-state index is 12.4. The molecule has 0 aliphatic heterocycles. The van der Waals surface area contributed by atoms with Gasteiger partial charge in [-0.3, -0.25) is 14.7 Å². The third-order valence-corrected chi connectivity index (χ3v) is 4.21. The van der Waals surface area contributed by atoms with Crippen LogP contribution in [0, 0.1) is 0 Å². The number of hydrogen-bond acceptors (Lipinski definition) is 4. The molecule has 26 heavy (non-hydrogen) atoms. The van der Waals surface area contributed by atoms with Gasteiger partial charge in [0.25, 0.3) is 11.7 Å². The lowest BCUT2D eigenvalue weighted by Gasteiger charge is -2.04. The van der Waals surface area contributed by atoms with Crippen molar-refractivity contribution in [1.29, 1.82) is 0 Å². The molecule has 0 saturated carbocycles. The van der Waals surface area contributed by atoms with Gasteiger partial charge in [0.05, 0.1) is 11.1 Å². The highest BCUT2D eigenvalue weighted by Gasteiger charge is 2.23. The van der Waals surface area contributed by atoms with Gasteiger partial charge in [0, 0.05) is 25.9 Å². The molecule has 1 amide bonds. The van der Waals surface area contributed by atoms with Gasteiger partial charge in [0.15, 0.2) is 5.65 Å². The molecule has 0 bridgehead atoms. The number of nitrogens with zero attached hydrogens (tertiary/aromatic N) is 4. The van der Waals surface area contributed by atoms with E-state index >= 15 is 0 Å². The normalized spacial score (nSPS) is 11.0. The summed E-state index contributed by atoms with van der Waals surface area (Å²) in [4.78, 5) is 24.8. The third-order valence-electron chi connectivity index (χ3n) is 4.21. The first-order valence-corrected chi connectivity index (χ1v) is 7.99. The van der Waals surface area contributed by atoms with Crippen molar-refractivity contribution in [2.75, 3.05) is 5.32 Å². The zero-order chi connectivity index (χ0) is 18.3. The van der Waals surface area contributed by atoms with E-state index in [1.165, 1.54) is 0 Å². The van der Waals surface area contributed by atoms with Gasteiger partial charge in [0.1, 0.15) is 11.5 Å². The number of rotatable bonds is 4. The average Bonchev–Trinajstić information content (AvgIpc) is 3.33. The second kappa shape index (κ2) is 5.99. The largest absolute Gasteiger partial charge is 0.348 e. The highest BCUT2D eigenvalue weighted by atomic mass is 16.2. The van der Waals surface area contributed by atoms with Crippen LogP contribution in [0.2, 0.25) is 0 Å². The second-order valence-electron chi connectivity index (χ2n) is 5.92. The number of aromatic amines is 1. The van der Waals surface area contributed by atoms with E-state index in [0.717, 1.165) is 5.56 Å². The fourth-order valence-corrected chi connectivity index (χ4v) is 2.91. The number of hydrogen-bond donors (Lipinski definition) is 2. The van der Waals surface area contributed by atoms with Crippen LogP contribution in [-0.2, 0) is 18.9 Å². The second-order valence-corrected chi connectivity index (χ2v) is 5.92. The van der Waals surface area contributed by atoms with Crippen molar-refractivity contribution in [2.24, 2.45) is 14.1 Å². The van der Waals surface area contributed by atoms with E-state index in [-0.39, 0.29) is 0 Å². The van der Waals surface area contributed by atoms with Crippen LogP contribution >= 0.6 is 0 Å². The van der Waals surface area contributed by atoms with Crippen LogP contribution in [0.5, 0.6) is 0 Å². The first-order chi connectivity index (χ1) is 12.6. The minimum absolute atomic E-state index is 0.313. The molecule has 3 heterocycles. The minimum atomic E-state index is -0.736. The van der Waals surface area contributed by atoms with E-state index in [4.69, 9.17) is 0 Å². The molecule has 0 aliphatic carbocycles. The molecule has 3 aromatic heterocycles. The molecule has 4 rings (SSSR count). The van der Waals surface area contributed by atoms with Crippen LogP contribution in [0.1, 0.15) is 10.5 Å². The van der Waals surface area contributed by atoms with Gasteiger partial charge < -0.3 is 9.88 Å². The van der Waals surface area contributed by atoms with Gasteiger partial charge in [-0.25, -0.2) is 4.68 Å². The summed E-state index contributed by atoms with van der Waals surface area (Å²) in [5, 5.41) is 14.8. The molecule has 0 fully saturated rings. The van der Waals surface area contributed by atoms with E-state index in [9.17, 15) is 9.59 Å². The molecule has 2 N–H and O–H groups in total. The zero-order valence-electron chi connectivity index (χ0n) is 14.2. The molecule has 0 aliphatic rings. The van der Waals surface area contributed by atoms with E-state index in [1.54, 1.807) is 41.7 Å². The zero-order valence-corrected chi connectivity index (χ0v) is 14.2. The Bertz CT molecular complexity index is 1120. The van der Waals surface area contributed by atoms with Crippen LogP contribution < -0.4 is 5.32 Å². The monoisotopic (exact) mass is 348 g/mol. The minimum Gasteiger partial charge on any atom is -0.348 e. The number of benzene rings is 1. The molecular formula is C18H16N6O2. The van der Waals surface area contributed by atoms with Gasteiger partial charge in [-0.1, -0.05) is 30.3 Å². The highest BCUT2D eigenvalue weighted by Crippen LogP contribution is 2.31. The predicted molar refractivity (Wildman–Crippen MR) is 96.7 cm³/mol. The first-order valence-electron chi connectivity index (χ1n) is 7.99. The number of Topliss-reactive ketones (excluding diaryl/α,β-unsaturated/α-hetero) is 1. The van der Waals surface area contributed by atoms with E-state index in [2.05, 4.69) is 20.6 Å². The molecule has 0 saturated heterocycles. The summed E-state index contributed by atoms with van der Waals surface area (Å²) in [6, 6.07) is 12.9. The number of aromatic nitrogens is 5. The van der Waals surface area contributed by atoms with E-state index in [1.807, 2.05) is 30.3 Å². The molecule has 0 spiro atoms. The van der Waals surface area contributed by atoms with Gasteiger partial charge in [0.2, 0.25) is 0 Å². The van der Waals surface area contributed by atoms with Crippen molar-refractivity contribution in [2.45, 2.75) is 0 Å². The Balaban J connectivity index is 1.73. The van der Waals surface area contributed by atoms with Crippen molar-refractivity contribution in [3.05, 3.63) is 54.4 Å². The Morgan fingerprint density at radius 3 is 2.54 bits per heavy atom. The number of H-pyrrole nitrogens is 1. The molecule has 1 aromatic carbocycles.